The molecule has 0 aromatic heterocycles. The summed E-state index contributed by atoms with van der Waals surface area (Å²) in [6.07, 6.45) is 2.49. The van der Waals surface area contributed by atoms with Crippen LogP contribution in [0.5, 0.6) is 0 Å². The minimum absolute atomic E-state index is 0.141. The lowest BCUT2D eigenvalue weighted by molar-refractivity contribution is 0.202. The van der Waals surface area contributed by atoms with Crippen molar-refractivity contribution in [2.24, 2.45) is 5.73 Å². The van der Waals surface area contributed by atoms with Crippen LogP contribution in [0, 0.1) is 5.82 Å². The number of halogens is 1. The number of nitrogens with two attached hydrogens (primary N) is 1. The van der Waals surface area contributed by atoms with E-state index in [1.165, 1.54) is 19.4 Å². The smallest absolute Gasteiger partial charge is 0.146 e. The summed E-state index contributed by atoms with van der Waals surface area (Å²) in [4.78, 5) is 4.79. The first kappa shape index (κ1) is 13.8. The lowest BCUT2D eigenvalue weighted by Gasteiger charge is -2.44. The maximum atomic E-state index is 14.4. The average molecular weight is 277 g/mol. The molecule has 3 nitrogen and oxygen atoms in total. The Morgan fingerprint density at radius 3 is 2.90 bits per heavy atom. The van der Waals surface area contributed by atoms with Gasteiger partial charge in [-0.15, -0.1) is 0 Å². The third-order valence-corrected chi connectivity index (χ3v) is 4.73. The molecular weight excluding hydrogens is 253 g/mol. The van der Waals surface area contributed by atoms with Crippen molar-refractivity contribution in [3.05, 3.63) is 29.6 Å². The van der Waals surface area contributed by atoms with Crippen molar-refractivity contribution in [3.63, 3.8) is 0 Å². The summed E-state index contributed by atoms with van der Waals surface area (Å²) in [6.45, 7) is 7.25. The van der Waals surface area contributed by atoms with E-state index in [2.05, 4.69) is 16.7 Å². The molecule has 0 spiro atoms. The Morgan fingerprint density at radius 1 is 1.35 bits per heavy atom. The van der Waals surface area contributed by atoms with E-state index in [1.807, 2.05) is 13.0 Å². The predicted octanol–water partition coefficient (Wildman–Crippen LogP) is 2.52. The van der Waals surface area contributed by atoms with Crippen LogP contribution in [0.1, 0.15) is 38.3 Å². The summed E-state index contributed by atoms with van der Waals surface area (Å²) in [6, 6.07) is 6.03. The van der Waals surface area contributed by atoms with Crippen LogP contribution in [0.15, 0.2) is 18.2 Å². The Bertz CT molecular complexity index is 489. The number of para-hydroxylation sites is 1. The molecule has 2 saturated heterocycles. The van der Waals surface area contributed by atoms with Crippen LogP contribution in [-0.4, -0.2) is 36.6 Å². The molecular formula is C16H24FN3. The molecule has 0 amide bonds. The summed E-state index contributed by atoms with van der Waals surface area (Å²) < 4.78 is 14.4. The molecule has 110 valence electrons. The minimum Gasteiger partial charge on any atom is -0.363 e. The molecule has 2 aliphatic rings. The molecule has 2 N–H and O–H groups in total. The zero-order chi connectivity index (χ0) is 14.3. The molecule has 0 bridgehead atoms. The van der Waals surface area contributed by atoms with Crippen LogP contribution in [0.3, 0.4) is 0 Å². The number of rotatable bonds is 2. The van der Waals surface area contributed by atoms with Gasteiger partial charge in [0, 0.05) is 31.2 Å². The van der Waals surface area contributed by atoms with Gasteiger partial charge in [-0.25, -0.2) is 4.39 Å². The number of piperazine rings is 1. The Labute approximate surface area is 120 Å². The Morgan fingerprint density at radius 2 is 2.15 bits per heavy atom. The highest BCUT2D eigenvalue weighted by atomic mass is 19.1. The summed E-state index contributed by atoms with van der Waals surface area (Å²) in [5.41, 5.74) is 7.68. The van der Waals surface area contributed by atoms with E-state index in [0.29, 0.717) is 12.1 Å². The quantitative estimate of drug-likeness (QED) is 0.901. The molecule has 2 heterocycles. The van der Waals surface area contributed by atoms with Crippen LogP contribution in [0.25, 0.3) is 0 Å². The SMILES string of the molecule is CC1CN2CCCC2CN1c1c(F)cccc1[C@H](C)N. The van der Waals surface area contributed by atoms with Gasteiger partial charge in [0.1, 0.15) is 5.82 Å². The summed E-state index contributed by atoms with van der Waals surface area (Å²) >= 11 is 0. The van der Waals surface area contributed by atoms with Crippen molar-refractivity contribution in [2.75, 3.05) is 24.5 Å². The molecule has 4 heteroatoms. The standard InChI is InChI=1S/C16H24FN3/c1-11-9-19-8-4-5-13(19)10-20(11)16-14(12(2)18)6-3-7-15(16)17/h3,6-7,11-13H,4-5,8-10,18H2,1-2H3/t11?,12-,13?/m0/s1. The topological polar surface area (TPSA) is 32.5 Å². The Hall–Kier alpha value is -1.13. The zero-order valence-electron chi connectivity index (χ0n) is 12.3. The summed E-state index contributed by atoms with van der Waals surface area (Å²) in [5, 5.41) is 0. The highest BCUT2D eigenvalue weighted by Gasteiger charge is 2.36. The van der Waals surface area contributed by atoms with E-state index in [0.717, 1.165) is 24.3 Å². The van der Waals surface area contributed by atoms with Crippen molar-refractivity contribution in [1.82, 2.24) is 4.90 Å². The fourth-order valence-corrected chi connectivity index (χ4v) is 3.70. The van der Waals surface area contributed by atoms with Gasteiger partial charge in [-0.3, -0.25) is 4.90 Å². The van der Waals surface area contributed by atoms with Crippen LogP contribution >= 0.6 is 0 Å². The second kappa shape index (κ2) is 5.34. The van der Waals surface area contributed by atoms with Crippen molar-refractivity contribution in [2.45, 2.75) is 44.8 Å². The van der Waals surface area contributed by atoms with Gasteiger partial charge in [0.05, 0.1) is 5.69 Å². The molecule has 0 aliphatic carbocycles. The van der Waals surface area contributed by atoms with Crippen LogP contribution in [0.4, 0.5) is 10.1 Å². The second-order valence-electron chi connectivity index (χ2n) is 6.26. The maximum absolute atomic E-state index is 14.4. The van der Waals surface area contributed by atoms with Gasteiger partial charge in [-0.05, 0) is 44.9 Å². The lowest BCUT2D eigenvalue weighted by Crippen LogP contribution is -2.55. The van der Waals surface area contributed by atoms with Crippen molar-refractivity contribution in [1.29, 1.82) is 0 Å². The molecule has 20 heavy (non-hydrogen) atoms. The van der Waals surface area contributed by atoms with Crippen molar-refractivity contribution in [3.8, 4) is 0 Å². The molecule has 3 rings (SSSR count). The number of benzene rings is 1. The number of anilines is 1. The van der Waals surface area contributed by atoms with Crippen molar-refractivity contribution < 1.29 is 4.39 Å². The molecule has 2 aliphatic heterocycles. The third-order valence-electron chi connectivity index (χ3n) is 4.73. The Balaban J connectivity index is 1.95. The molecule has 2 unspecified atom stereocenters. The van der Waals surface area contributed by atoms with Gasteiger partial charge in [-0.2, -0.15) is 0 Å². The highest BCUT2D eigenvalue weighted by Crippen LogP contribution is 2.34. The van der Waals surface area contributed by atoms with E-state index in [-0.39, 0.29) is 11.9 Å². The van der Waals surface area contributed by atoms with Gasteiger partial charge in [-0.1, -0.05) is 12.1 Å². The monoisotopic (exact) mass is 277 g/mol. The van der Waals surface area contributed by atoms with Crippen LogP contribution in [0.2, 0.25) is 0 Å². The largest absolute Gasteiger partial charge is 0.363 e. The Kier molecular flexibility index (Phi) is 3.69. The third kappa shape index (κ3) is 2.31. The first-order valence-corrected chi connectivity index (χ1v) is 7.62. The molecule has 0 saturated carbocycles. The second-order valence-corrected chi connectivity index (χ2v) is 6.26. The van der Waals surface area contributed by atoms with E-state index in [4.69, 9.17) is 5.73 Å². The van der Waals surface area contributed by atoms with Crippen LogP contribution < -0.4 is 10.6 Å². The van der Waals surface area contributed by atoms with Crippen LogP contribution in [-0.2, 0) is 0 Å². The summed E-state index contributed by atoms with van der Waals surface area (Å²) in [7, 11) is 0. The van der Waals surface area contributed by atoms with Crippen molar-refractivity contribution >= 4 is 5.69 Å². The van der Waals surface area contributed by atoms with E-state index < -0.39 is 0 Å². The number of hydrogen-bond donors (Lipinski definition) is 1. The van der Waals surface area contributed by atoms with Gasteiger partial charge in [0.2, 0.25) is 0 Å². The molecule has 0 radical (unpaired) electrons. The predicted molar refractivity (Wildman–Crippen MR) is 80.4 cm³/mol. The number of hydrogen-bond acceptors (Lipinski definition) is 3. The molecule has 3 atom stereocenters. The van der Waals surface area contributed by atoms with E-state index in [1.54, 1.807) is 12.1 Å². The minimum atomic E-state index is -0.144. The average Bonchev–Trinajstić information content (AvgIpc) is 2.84. The summed E-state index contributed by atoms with van der Waals surface area (Å²) in [5.74, 6) is -0.141. The lowest BCUT2D eigenvalue weighted by atomic mass is 10.0. The molecule has 2 fully saturated rings. The highest BCUT2D eigenvalue weighted by molar-refractivity contribution is 5.57. The van der Waals surface area contributed by atoms with Gasteiger partial charge in [0.15, 0.2) is 0 Å². The van der Waals surface area contributed by atoms with Gasteiger partial charge >= 0.3 is 0 Å². The van der Waals surface area contributed by atoms with Gasteiger partial charge in [0.25, 0.3) is 0 Å². The molecule has 1 aromatic carbocycles. The first-order valence-electron chi connectivity index (χ1n) is 7.62. The fourth-order valence-electron chi connectivity index (χ4n) is 3.70. The van der Waals surface area contributed by atoms with Gasteiger partial charge < -0.3 is 10.6 Å². The van der Waals surface area contributed by atoms with E-state index in [9.17, 15) is 4.39 Å². The maximum Gasteiger partial charge on any atom is 0.146 e. The fraction of sp³-hybridized carbons (Fsp3) is 0.625. The normalized spacial score (nSPS) is 28.5. The van der Waals surface area contributed by atoms with E-state index >= 15 is 0 Å². The zero-order valence-corrected chi connectivity index (χ0v) is 12.3. The number of nitrogens with zero attached hydrogens (tertiary/aromatic N) is 2. The first-order chi connectivity index (χ1) is 9.58. The molecule has 1 aromatic rings. The number of fused-ring (bicyclic) bond motifs is 1.